The molecular weight excluding hydrogens is 449 g/mol. The topological polar surface area (TPSA) is 83.3 Å². The van der Waals surface area contributed by atoms with E-state index in [1.54, 1.807) is 6.92 Å². The number of aliphatic hydroxyl groups is 1. The molecule has 0 radical (unpaired) electrons. The second-order valence-electron chi connectivity index (χ2n) is 8.28. The van der Waals surface area contributed by atoms with E-state index in [0.29, 0.717) is 5.69 Å². The van der Waals surface area contributed by atoms with Crippen LogP contribution in [0.3, 0.4) is 0 Å². The van der Waals surface area contributed by atoms with Gasteiger partial charge in [-0.15, -0.1) is 6.42 Å². The monoisotopic (exact) mass is 469 g/mol. The smallest absolute Gasteiger partial charge is 0.322 e. The molecule has 2 aromatic heterocycles. The van der Waals surface area contributed by atoms with Gasteiger partial charge in [-0.05, 0) is 19.4 Å². The number of carbonyl (C=O) groups is 1. The molecule has 0 fully saturated rings. The maximum Gasteiger partial charge on any atom is 0.322 e. The molecule has 7 nitrogen and oxygen atoms in total. The van der Waals surface area contributed by atoms with E-state index < -0.39 is 59.3 Å². The predicted octanol–water partition coefficient (Wildman–Crippen LogP) is 3.58. The van der Waals surface area contributed by atoms with E-state index in [2.05, 4.69) is 21.3 Å². The van der Waals surface area contributed by atoms with Crippen LogP contribution in [-0.4, -0.2) is 42.4 Å². The van der Waals surface area contributed by atoms with Crippen LogP contribution in [0.15, 0.2) is 12.3 Å². The van der Waals surface area contributed by atoms with Crippen molar-refractivity contribution in [3.63, 3.8) is 0 Å². The molecule has 2 aliphatic rings. The van der Waals surface area contributed by atoms with Crippen LogP contribution >= 0.6 is 0 Å². The summed E-state index contributed by atoms with van der Waals surface area (Å²) in [6, 6.07) is -0.341. The fourth-order valence-corrected chi connectivity index (χ4v) is 4.21. The van der Waals surface area contributed by atoms with Gasteiger partial charge in [-0.2, -0.15) is 13.9 Å². The average molecular weight is 469 g/mol. The first-order valence-electron chi connectivity index (χ1n) is 10.1. The van der Waals surface area contributed by atoms with Crippen LogP contribution in [0, 0.1) is 18.2 Å². The molecule has 2 aliphatic heterocycles. The molecule has 4 heterocycles. The van der Waals surface area contributed by atoms with Gasteiger partial charge in [0.05, 0.1) is 24.5 Å². The number of nitrogens with zero attached hydrogens (tertiary/aromatic N) is 4. The van der Waals surface area contributed by atoms with Crippen LogP contribution in [0.25, 0.3) is 0 Å². The molecule has 2 atom stereocenters. The van der Waals surface area contributed by atoms with E-state index in [9.17, 15) is 23.1 Å². The number of rotatable bonds is 2. The third-order valence-electron chi connectivity index (χ3n) is 5.99. The third kappa shape index (κ3) is 4.01. The Bertz CT molecular complexity index is 1140. The van der Waals surface area contributed by atoms with E-state index in [1.165, 1.54) is 4.90 Å². The summed E-state index contributed by atoms with van der Waals surface area (Å²) in [5, 5.41) is 16.9. The summed E-state index contributed by atoms with van der Waals surface area (Å²) >= 11 is 0. The zero-order valence-corrected chi connectivity index (χ0v) is 17.5. The van der Waals surface area contributed by atoms with Gasteiger partial charge in [0.2, 0.25) is 0 Å². The Morgan fingerprint density at radius 3 is 2.79 bits per heavy atom. The van der Waals surface area contributed by atoms with Crippen molar-refractivity contribution < 1.29 is 31.9 Å². The van der Waals surface area contributed by atoms with E-state index in [0.717, 1.165) is 16.9 Å². The highest BCUT2D eigenvalue weighted by Crippen LogP contribution is 2.43. The van der Waals surface area contributed by atoms with Crippen molar-refractivity contribution in [2.24, 2.45) is 0 Å². The molecule has 0 bridgehead atoms. The molecule has 2 aromatic rings. The maximum atomic E-state index is 15.0. The first-order valence-corrected chi connectivity index (χ1v) is 10.1. The lowest BCUT2D eigenvalue weighted by molar-refractivity contribution is -0.0301. The summed E-state index contributed by atoms with van der Waals surface area (Å²) in [5.74, 6) is -2.57. The number of anilines is 1. The van der Waals surface area contributed by atoms with Gasteiger partial charge in [0, 0.05) is 30.6 Å². The van der Waals surface area contributed by atoms with Gasteiger partial charge in [-0.3, -0.25) is 9.67 Å². The number of terminal acetylenes is 1. The lowest BCUT2D eigenvalue weighted by Crippen LogP contribution is -2.45. The van der Waals surface area contributed by atoms with Crippen molar-refractivity contribution in [3.05, 3.63) is 40.7 Å². The quantitative estimate of drug-likeness (QED) is 0.520. The zero-order valence-electron chi connectivity index (χ0n) is 17.5. The second-order valence-corrected chi connectivity index (χ2v) is 8.28. The number of urea groups is 1. The van der Waals surface area contributed by atoms with Crippen molar-refractivity contribution in [2.45, 2.75) is 63.3 Å². The molecule has 0 unspecified atom stereocenters. The van der Waals surface area contributed by atoms with Crippen LogP contribution in [0.2, 0.25) is 0 Å². The standard InChI is InChI=1S/C21H20F5N5O2/c1-3-20(33)5-6-21(25,26)17-12-9-30(11(2)8-14(12)29-31(17)10-20)19(32)28-13-4-7-27-16(15(13)22)18(23)24/h1,4,7,11,18,33H,5-6,8-10H2,2H3,(H,27,28,32)/t11-,20+/m1/s1. The Morgan fingerprint density at radius 2 is 2.12 bits per heavy atom. The SMILES string of the molecule is C#C[C@]1(O)CCC(F)(F)c2c3c(nn2C1)C[C@@H](C)N(C(=O)Nc1ccnc(C(F)F)c1F)C3. The van der Waals surface area contributed by atoms with Crippen molar-refractivity contribution in [1.82, 2.24) is 19.7 Å². The Kier molecular flexibility index (Phi) is 5.56. The summed E-state index contributed by atoms with van der Waals surface area (Å²) in [5.41, 5.74) is -3.35. The molecule has 2 N–H and O–H groups in total. The fourth-order valence-electron chi connectivity index (χ4n) is 4.21. The fraction of sp³-hybridized carbons (Fsp3) is 0.476. The van der Waals surface area contributed by atoms with Gasteiger partial charge < -0.3 is 15.3 Å². The molecule has 0 saturated carbocycles. The zero-order chi connectivity index (χ0) is 24.1. The normalized spacial score (nSPS) is 24.0. The second kappa shape index (κ2) is 7.98. The third-order valence-corrected chi connectivity index (χ3v) is 5.99. The average Bonchev–Trinajstić information content (AvgIpc) is 3.05. The molecular formula is C21H20F5N5O2. The van der Waals surface area contributed by atoms with Crippen molar-refractivity contribution in [2.75, 3.05) is 5.32 Å². The highest BCUT2D eigenvalue weighted by atomic mass is 19.3. The number of amides is 2. The minimum atomic E-state index is -3.35. The Labute approximate surface area is 185 Å². The minimum absolute atomic E-state index is 0.119. The van der Waals surface area contributed by atoms with Crippen LogP contribution in [-0.2, 0) is 25.4 Å². The highest BCUT2D eigenvalue weighted by Gasteiger charge is 2.47. The van der Waals surface area contributed by atoms with Gasteiger partial charge in [-0.1, -0.05) is 5.92 Å². The Morgan fingerprint density at radius 1 is 1.39 bits per heavy atom. The lowest BCUT2D eigenvalue weighted by Gasteiger charge is -2.33. The highest BCUT2D eigenvalue weighted by molar-refractivity contribution is 5.90. The van der Waals surface area contributed by atoms with Crippen LogP contribution in [0.5, 0.6) is 0 Å². The number of nitrogens with one attached hydrogen (secondary N) is 1. The minimum Gasteiger partial charge on any atom is -0.376 e. The molecule has 4 rings (SSSR count). The number of pyridine rings is 1. The molecule has 0 spiro atoms. The summed E-state index contributed by atoms with van der Waals surface area (Å²) in [7, 11) is 0. The molecule has 0 aromatic carbocycles. The van der Waals surface area contributed by atoms with Gasteiger partial charge in [-0.25, -0.2) is 18.0 Å². The summed E-state index contributed by atoms with van der Waals surface area (Å²) in [6.07, 6.45) is 2.19. The number of fused-ring (bicyclic) bond motifs is 3. The number of halogens is 5. The number of hydrogen-bond acceptors (Lipinski definition) is 4. The summed E-state index contributed by atoms with van der Waals surface area (Å²) in [4.78, 5) is 17.3. The molecule has 33 heavy (non-hydrogen) atoms. The van der Waals surface area contributed by atoms with Crippen LogP contribution < -0.4 is 5.32 Å². The van der Waals surface area contributed by atoms with Crippen LogP contribution in [0.1, 0.15) is 48.8 Å². The Balaban J connectivity index is 1.65. The first kappa shape index (κ1) is 23.0. The molecule has 2 amide bonds. The number of hydrogen-bond donors (Lipinski definition) is 2. The molecule has 0 aliphatic carbocycles. The van der Waals surface area contributed by atoms with Gasteiger partial charge in [0.1, 0.15) is 17.0 Å². The van der Waals surface area contributed by atoms with E-state index >= 15 is 8.78 Å². The largest absolute Gasteiger partial charge is 0.376 e. The summed E-state index contributed by atoms with van der Waals surface area (Å²) in [6.45, 7) is 1.06. The van der Waals surface area contributed by atoms with Crippen molar-refractivity contribution in [1.29, 1.82) is 0 Å². The first-order chi connectivity index (χ1) is 15.5. The number of carbonyl (C=O) groups excluding carboxylic acids is 1. The number of alkyl halides is 4. The van der Waals surface area contributed by atoms with Crippen molar-refractivity contribution in [3.8, 4) is 12.3 Å². The molecule has 12 heteroatoms. The van der Waals surface area contributed by atoms with Crippen molar-refractivity contribution >= 4 is 11.7 Å². The van der Waals surface area contributed by atoms with Crippen LogP contribution in [0.4, 0.5) is 32.4 Å². The Hall–Kier alpha value is -3.20. The molecule has 0 saturated heterocycles. The van der Waals surface area contributed by atoms with E-state index in [1.807, 2.05) is 0 Å². The number of aromatic nitrogens is 3. The van der Waals surface area contributed by atoms with Gasteiger partial charge in [0.15, 0.2) is 5.82 Å². The summed E-state index contributed by atoms with van der Waals surface area (Å²) < 4.78 is 71.1. The van der Waals surface area contributed by atoms with Gasteiger partial charge in [0.25, 0.3) is 12.3 Å². The predicted molar refractivity (Wildman–Crippen MR) is 106 cm³/mol. The van der Waals surface area contributed by atoms with E-state index in [-0.39, 0.29) is 31.5 Å². The van der Waals surface area contributed by atoms with Gasteiger partial charge >= 0.3 is 6.03 Å². The molecule has 176 valence electrons. The lowest BCUT2D eigenvalue weighted by atomic mass is 9.94. The maximum absolute atomic E-state index is 15.0. The van der Waals surface area contributed by atoms with E-state index in [4.69, 9.17) is 6.42 Å².